The molecule has 1 aliphatic rings. The summed E-state index contributed by atoms with van der Waals surface area (Å²) in [6.07, 6.45) is 48.6. The molecule has 1 fully saturated rings. The van der Waals surface area contributed by atoms with E-state index in [0.29, 0.717) is 0 Å². The van der Waals surface area contributed by atoms with Crippen molar-refractivity contribution >= 4 is 0 Å². The van der Waals surface area contributed by atoms with Crippen molar-refractivity contribution in [2.45, 2.75) is 246 Å². The average molecular weight is 804 g/mol. The van der Waals surface area contributed by atoms with Crippen LogP contribution < -0.4 is 5.32 Å². The normalized spacial score (nSPS) is 14.2. The number of unbranched alkanes of at least 4 members (excludes halogenated alkanes) is 30. The Labute approximate surface area is 361 Å². The smallest absolute Gasteiger partial charge is 0.0110 e. The van der Waals surface area contributed by atoms with Crippen LogP contribution in [0.25, 0.3) is 0 Å². The predicted octanol–water partition coefficient (Wildman–Crippen LogP) is 14.1. The lowest BCUT2D eigenvalue weighted by Gasteiger charge is -2.36. The average Bonchev–Trinajstić information content (AvgIpc) is 3.23. The summed E-state index contributed by atoms with van der Waals surface area (Å²) in [6.45, 7) is 26.9. The van der Waals surface area contributed by atoms with Crippen LogP contribution >= 0.6 is 0 Å². The Bertz CT molecular complexity index is 716. The lowest BCUT2D eigenvalue weighted by molar-refractivity contribution is 0.114. The molecule has 0 unspecified atom stereocenters. The molecule has 1 saturated heterocycles. The highest BCUT2D eigenvalue weighted by atomic mass is 15.3. The summed E-state index contributed by atoms with van der Waals surface area (Å²) < 4.78 is 0. The summed E-state index contributed by atoms with van der Waals surface area (Å²) in [7, 11) is 0. The first-order chi connectivity index (χ1) is 28.2. The standard InChI is InChI=1S/C52H109N5/c1-5-9-13-17-20-23-26-29-32-36-41-54(42-37-33-30-27-24-21-18-14-10-6-2)45-46-55(43-38-34-31-28-25-22-19-15-11-7-3)47-50-57-51-48-56(49-52-57)44-40-53-39-35-16-12-8-4/h53H,5-52H2,1-4H3. The highest BCUT2D eigenvalue weighted by molar-refractivity contribution is 4.75. The van der Waals surface area contributed by atoms with E-state index in [0.717, 1.165) is 6.54 Å². The second-order valence-electron chi connectivity index (χ2n) is 18.7. The molecule has 1 heterocycles. The SMILES string of the molecule is CCCCCCCCCCCCN(CCCCCCCCCCCC)CCN(CCCCCCCCCCCC)CCN1CCN(CCNCCCCCC)CC1. The van der Waals surface area contributed by atoms with E-state index in [-0.39, 0.29) is 0 Å². The van der Waals surface area contributed by atoms with Crippen LogP contribution in [0.4, 0.5) is 0 Å². The fourth-order valence-electron chi connectivity index (χ4n) is 8.98. The molecule has 0 aromatic heterocycles. The van der Waals surface area contributed by atoms with Crippen molar-refractivity contribution in [1.29, 1.82) is 0 Å². The highest BCUT2D eigenvalue weighted by Crippen LogP contribution is 2.15. The molecule has 0 aromatic carbocycles. The van der Waals surface area contributed by atoms with Crippen LogP contribution in [0.3, 0.4) is 0 Å². The maximum atomic E-state index is 3.71. The summed E-state index contributed by atoms with van der Waals surface area (Å²) in [5.41, 5.74) is 0. The second kappa shape index (κ2) is 45.3. The Morgan fingerprint density at radius 1 is 0.281 bits per heavy atom. The van der Waals surface area contributed by atoms with E-state index in [9.17, 15) is 0 Å². The van der Waals surface area contributed by atoms with Gasteiger partial charge in [0, 0.05) is 65.4 Å². The van der Waals surface area contributed by atoms with Crippen molar-refractivity contribution in [2.24, 2.45) is 0 Å². The maximum Gasteiger partial charge on any atom is 0.0110 e. The number of nitrogens with zero attached hydrogens (tertiary/aromatic N) is 4. The molecular formula is C52H109N5. The number of hydrogen-bond acceptors (Lipinski definition) is 5. The number of hydrogen-bond donors (Lipinski definition) is 1. The van der Waals surface area contributed by atoms with Crippen molar-refractivity contribution in [3.63, 3.8) is 0 Å². The van der Waals surface area contributed by atoms with E-state index >= 15 is 0 Å². The Balaban J connectivity index is 2.56. The molecule has 0 aromatic rings. The van der Waals surface area contributed by atoms with Crippen LogP contribution in [-0.2, 0) is 0 Å². The second-order valence-corrected chi connectivity index (χ2v) is 18.7. The highest BCUT2D eigenvalue weighted by Gasteiger charge is 2.18. The first-order valence-corrected chi connectivity index (χ1v) is 26.8. The minimum atomic E-state index is 1.16. The van der Waals surface area contributed by atoms with Crippen molar-refractivity contribution in [2.75, 3.05) is 91.6 Å². The minimum Gasteiger partial charge on any atom is -0.315 e. The zero-order chi connectivity index (χ0) is 41.0. The predicted molar refractivity (Wildman–Crippen MR) is 258 cm³/mol. The zero-order valence-electron chi connectivity index (χ0n) is 40.2. The third-order valence-electron chi connectivity index (χ3n) is 13.2. The quantitative estimate of drug-likeness (QED) is 0.0618. The Hall–Kier alpha value is -0.200. The van der Waals surface area contributed by atoms with E-state index < -0.39 is 0 Å². The summed E-state index contributed by atoms with van der Waals surface area (Å²) in [5, 5.41) is 3.71. The fraction of sp³-hybridized carbons (Fsp3) is 1.00. The van der Waals surface area contributed by atoms with Crippen LogP contribution in [0.15, 0.2) is 0 Å². The minimum absolute atomic E-state index is 1.16. The molecule has 0 atom stereocenters. The van der Waals surface area contributed by atoms with Crippen LogP contribution in [0.1, 0.15) is 246 Å². The Morgan fingerprint density at radius 2 is 0.561 bits per heavy atom. The van der Waals surface area contributed by atoms with Gasteiger partial charge in [-0.3, -0.25) is 9.80 Å². The summed E-state index contributed by atoms with van der Waals surface area (Å²) >= 11 is 0. The van der Waals surface area contributed by atoms with Crippen molar-refractivity contribution in [3.8, 4) is 0 Å². The van der Waals surface area contributed by atoms with Gasteiger partial charge in [0.15, 0.2) is 0 Å². The molecule has 1 N–H and O–H groups in total. The molecule has 0 radical (unpaired) electrons. The van der Waals surface area contributed by atoms with Gasteiger partial charge in [0.1, 0.15) is 0 Å². The third-order valence-corrected chi connectivity index (χ3v) is 13.2. The first kappa shape index (κ1) is 54.8. The largest absolute Gasteiger partial charge is 0.315 e. The molecule has 0 bridgehead atoms. The topological polar surface area (TPSA) is 25.0 Å². The van der Waals surface area contributed by atoms with E-state index in [1.54, 1.807) is 0 Å². The van der Waals surface area contributed by atoms with Gasteiger partial charge in [-0.1, -0.05) is 220 Å². The molecule has 342 valence electrons. The molecule has 1 rings (SSSR count). The lowest BCUT2D eigenvalue weighted by atomic mass is 10.1. The first-order valence-electron chi connectivity index (χ1n) is 26.8. The zero-order valence-corrected chi connectivity index (χ0v) is 40.2. The van der Waals surface area contributed by atoms with Gasteiger partial charge in [-0.25, -0.2) is 0 Å². The number of nitrogens with one attached hydrogen (secondary N) is 1. The van der Waals surface area contributed by atoms with Gasteiger partial charge in [-0.05, 0) is 51.9 Å². The maximum absolute atomic E-state index is 3.71. The molecule has 5 nitrogen and oxygen atoms in total. The van der Waals surface area contributed by atoms with Gasteiger partial charge >= 0.3 is 0 Å². The van der Waals surface area contributed by atoms with Gasteiger partial charge in [-0.2, -0.15) is 0 Å². The summed E-state index contributed by atoms with van der Waals surface area (Å²) in [4.78, 5) is 11.3. The molecule has 5 heteroatoms. The Morgan fingerprint density at radius 3 is 0.912 bits per heavy atom. The molecule has 0 aliphatic carbocycles. The summed E-state index contributed by atoms with van der Waals surface area (Å²) in [6, 6.07) is 0. The van der Waals surface area contributed by atoms with E-state index in [2.05, 4.69) is 52.6 Å². The van der Waals surface area contributed by atoms with Crippen LogP contribution in [0.2, 0.25) is 0 Å². The van der Waals surface area contributed by atoms with Gasteiger partial charge in [0.05, 0.1) is 0 Å². The van der Waals surface area contributed by atoms with Crippen LogP contribution in [-0.4, -0.2) is 111 Å². The van der Waals surface area contributed by atoms with Gasteiger partial charge < -0.3 is 15.1 Å². The Kier molecular flexibility index (Phi) is 43.6. The van der Waals surface area contributed by atoms with Crippen molar-refractivity contribution in [1.82, 2.24) is 24.9 Å². The van der Waals surface area contributed by atoms with Crippen molar-refractivity contribution < 1.29 is 0 Å². The van der Waals surface area contributed by atoms with Gasteiger partial charge in [-0.15, -0.1) is 0 Å². The molecule has 0 saturated carbocycles. The van der Waals surface area contributed by atoms with E-state index in [4.69, 9.17) is 0 Å². The lowest BCUT2D eigenvalue weighted by Crippen LogP contribution is -2.50. The van der Waals surface area contributed by atoms with Crippen LogP contribution in [0, 0.1) is 0 Å². The molecular weight excluding hydrogens is 695 g/mol. The molecule has 57 heavy (non-hydrogen) atoms. The monoisotopic (exact) mass is 804 g/mol. The number of rotatable bonds is 47. The summed E-state index contributed by atoms with van der Waals surface area (Å²) in [5.74, 6) is 0. The number of piperazine rings is 1. The van der Waals surface area contributed by atoms with E-state index in [1.807, 2.05) is 0 Å². The fourth-order valence-corrected chi connectivity index (χ4v) is 8.98. The van der Waals surface area contributed by atoms with E-state index in [1.165, 1.54) is 303 Å². The van der Waals surface area contributed by atoms with Crippen molar-refractivity contribution in [3.05, 3.63) is 0 Å². The molecule has 0 spiro atoms. The molecule has 0 amide bonds. The molecule has 1 aliphatic heterocycles. The van der Waals surface area contributed by atoms with Gasteiger partial charge in [0.25, 0.3) is 0 Å². The van der Waals surface area contributed by atoms with Crippen LogP contribution in [0.5, 0.6) is 0 Å². The van der Waals surface area contributed by atoms with Gasteiger partial charge in [0.2, 0.25) is 0 Å². The third kappa shape index (κ3) is 38.5.